The van der Waals surface area contributed by atoms with Gasteiger partial charge in [-0.1, -0.05) is 12.1 Å². The molecular formula is C20H33IN4OS. The van der Waals surface area contributed by atoms with E-state index in [-0.39, 0.29) is 29.9 Å². The minimum absolute atomic E-state index is 0. The Hall–Kier alpha value is -0.960. The van der Waals surface area contributed by atoms with Gasteiger partial charge in [-0.05, 0) is 57.1 Å². The SMILES string of the molecule is CCN(CC)C(=O)c1ccc(CNC(=NC)NC2CCC(SC)C2)cc1.I. The van der Waals surface area contributed by atoms with Gasteiger partial charge >= 0.3 is 0 Å². The second kappa shape index (κ2) is 12.5. The predicted molar refractivity (Wildman–Crippen MR) is 127 cm³/mol. The molecule has 2 atom stereocenters. The van der Waals surface area contributed by atoms with Crippen molar-refractivity contribution in [2.45, 2.75) is 50.9 Å². The molecule has 1 aromatic rings. The number of carbonyl (C=O) groups excluding carboxylic acids is 1. The van der Waals surface area contributed by atoms with Crippen LogP contribution in [0.15, 0.2) is 29.3 Å². The van der Waals surface area contributed by atoms with Crippen LogP contribution in [0, 0.1) is 0 Å². The van der Waals surface area contributed by atoms with Crippen molar-refractivity contribution in [1.29, 1.82) is 0 Å². The van der Waals surface area contributed by atoms with E-state index in [1.54, 1.807) is 0 Å². The van der Waals surface area contributed by atoms with Crippen LogP contribution in [0.4, 0.5) is 0 Å². The second-order valence-corrected chi connectivity index (χ2v) is 7.75. The number of benzene rings is 1. The van der Waals surface area contributed by atoms with Crippen LogP contribution >= 0.6 is 35.7 Å². The summed E-state index contributed by atoms with van der Waals surface area (Å²) in [4.78, 5) is 18.5. The Morgan fingerprint density at radius 1 is 1.22 bits per heavy atom. The van der Waals surface area contributed by atoms with Crippen LogP contribution in [0.2, 0.25) is 0 Å². The Morgan fingerprint density at radius 3 is 2.41 bits per heavy atom. The highest BCUT2D eigenvalue weighted by atomic mass is 127. The molecule has 1 aliphatic rings. The van der Waals surface area contributed by atoms with Gasteiger partial charge in [-0.3, -0.25) is 9.79 Å². The molecule has 1 amide bonds. The van der Waals surface area contributed by atoms with Crippen molar-refractivity contribution in [3.63, 3.8) is 0 Å². The number of amides is 1. The van der Waals surface area contributed by atoms with Crippen molar-refractivity contribution in [1.82, 2.24) is 15.5 Å². The third-order valence-corrected chi connectivity index (χ3v) is 6.09. The molecule has 0 bridgehead atoms. The molecular weight excluding hydrogens is 471 g/mol. The monoisotopic (exact) mass is 504 g/mol. The quantitative estimate of drug-likeness (QED) is 0.338. The molecule has 2 rings (SSSR count). The van der Waals surface area contributed by atoms with E-state index < -0.39 is 0 Å². The van der Waals surface area contributed by atoms with Gasteiger partial charge in [-0.15, -0.1) is 24.0 Å². The third kappa shape index (κ3) is 7.18. The lowest BCUT2D eigenvalue weighted by Crippen LogP contribution is -2.42. The first-order valence-corrected chi connectivity index (χ1v) is 10.8. The van der Waals surface area contributed by atoms with Gasteiger partial charge < -0.3 is 15.5 Å². The maximum absolute atomic E-state index is 12.4. The van der Waals surface area contributed by atoms with Gasteiger partial charge in [0.15, 0.2) is 5.96 Å². The molecule has 0 aromatic heterocycles. The summed E-state index contributed by atoms with van der Waals surface area (Å²) >= 11 is 1.96. The van der Waals surface area contributed by atoms with Crippen LogP contribution in [-0.2, 0) is 6.54 Å². The Balaban J connectivity index is 0.00000364. The van der Waals surface area contributed by atoms with E-state index in [4.69, 9.17) is 0 Å². The van der Waals surface area contributed by atoms with Crippen LogP contribution < -0.4 is 10.6 Å². The highest BCUT2D eigenvalue weighted by Crippen LogP contribution is 2.28. The first-order valence-electron chi connectivity index (χ1n) is 9.49. The summed E-state index contributed by atoms with van der Waals surface area (Å²) in [6.07, 6.45) is 5.87. The molecule has 0 saturated heterocycles. The molecule has 27 heavy (non-hydrogen) atoms. The molecule has 0 heterocycles. The number of halogens is 1. The minimum Gasteiger partial charge on any atom is -0.354 e. The molecule has 0 spiro atoms. The Kier molecular flexibility index (Phi) is 11.1. The fourth-order valence-corrected chi connectivity index (χ4v) is 4.11. The average molecular weight is 504 g/mol. The third-order valence-electron chi connectivity index (χ3n) is 4.99. The lowest BCUT2D eigenvalue weighted by atomic mass is 10.1. The first kappa shape index (κ1) is 24.1. The molecule has 7 heteroatoms. The highest BCUT2D eigenvalue weighted by molar-refractivity contribution is 14.0. The number of hydrogen-bond donors (Lipinski definition) is 2. The van der Waals surface area contributed by atoms with Gasteiger partial charge in [-0.2, -0.15) is 11.8 Å². The lowest BCUT2D eigenvalue weighted by molar-refractivity contribution is 0.0773. The highest BCUT2D eigenvalue weighted by Gasteiger charge is 2.24. The summed E-state index contributed by atoms with van der Waals surface area (Å²) < 4.78 is 0. The van der Waals surface area contributed by atoms with E-state index in [1.807, 2.05) is 61.8 Å². The number of thioether (sulfide) groups is 1. The van der Waals surface area contributed by atoms with E-state index >= 15 is 0 Å². The Bertz CT molecular complexity index is 605. The number of carbonyl (C=O) groups is 1. The molecule has 152 valence electrons. The largest absolute Gasteiger partial charge is 0.354 e. The fraction of sp³-hybridized carbons (Fsp3) is 0.600. The summed E-state index contributed by atoms with van der Waals surface area (Å²) in [5.41, 5.74) is 1.88. The van der Waals surface area contributed by atoms with Crippen LogP contribution in [0.1, 0.15) is 49.0 Å². The van der Waals surface area contributed by atoms with Gasteiger partial charge in [-0.25, -0.2) is 0 Å². The van der Waals surface area contributed by atoms with Gasteiger partial charge in [0.05, 0.1) is 0 Å². The number of nitrogens with zero attached hydrogens (tertiary/aromatic N) is 2. The molecule has 2 unspecified atom stereocenters. The molecule has 1 fully saturated rings. The summed E-state index contributed by atoms with van der Waals surface area (Å²) in [6, 6.07) is 8.35. The summed E-state index contributed by atoms with van der Waals surface area (Å²) in [5, 5.41) is 7.67. The zero-order valence-corrected chi connectivity index (χ0v) is 20.0. The van der Waals surface area contributed by atoms with Crippen molar-refractivity contribution < 1.29 is 4.79 Å². The van der Waals surface area contributed by atoms with Crippen molar-refractivity contribution in [3.05, 3.63) is 35.4 Å². The van der Waals surface area contributed by atoms with E-state index in [0.717, 1.165) is 35.4 Å². The maximum Gasteiger partial charge on any atom is 0.253 e. The summed E-state index contributed by atoms with van der Waals surface area (Å²) in [5.74, 6) is 0.941. The molecule has 1 aromatic carbocycles. The molecule has 1 saturated carbocycles. The molecule has 2 N–H and O–H groups in total. The topological polar surface area (TPSA) is 56.7 Å². The molecule has 5 nitrogen and oxygen atoms in total. The van der Waals surface area contributed by atoms with Crippen molar-refractivity contribution in [2.75, 3.05) is 26.4 Å². The smallest absolute Gasteiger partial charge is 0.253 e. The molecule has 0 radical (unpaired) electrons. The van der Waals surface area contributed by atoms with Gasteiger partial charge in [0.1, 0.15) is 0 Å². The van der Waals surface area contributed by atoms with Crippen molar-refractivity contribution in [3.8, 4) is 0 Å². The first-order chi connectivity index (χ1) is 12.6. The summed E-state index contributed by atoms with van der Waals surface area (Å²) in [7, 11) is 1.81. The standard InChI is InChI=1S/C20H32N4OS.HI/c1-5-24(6-2)19(25)16-9-7-15(8-10-16)14-22-20(21-3)23-17-11-12-18(13-17)26-4;/h7-10,17-18H,5-6,11-14H2,1-4H3,(H2,21,22,23);1H. The van der Waals surface area contributed by atoms with Crippen molar-refractivity contribution in [2.24, 2.45) is 4.99 Å². The van der Waals surface area contributed by atoms with E-state index in [0.29, 0.717) is 12.6 Å². The zero-order chi connectivity index (χ0) is 18.9. The Labute approximate surface area is 185 Å². The zero-order valence-electron chi connectivity index (χ0n) is 16.8. The van der Waals surface area contributed by atoms with Gasteiger partial charge in [0.2, 0.25) is 0 Å². The van der Waals surface area contributed by atoms with E-state index in [2.05, 4.69) is 21.9 Å². The molecule has 1 aliphatic carbocycles. The second-order valence-electron chi connectivity index (χ2n) is 6.61. The van der Waals surface area contributed by atoms with Crippen LogP contribution in [-0.4, -0.2) is 54.5 Å². The van der Waals surface area contributed by atoms with E-state index in [1.165, 1.54) is 19.3 Å². The number of hydrogen-bond acceptors (Lipinski definition) is 3. The van der Waals surface area contributed by atoms with Crippen LogP contribution in [0.3, 0.4) is 0 Å². The maximum atomic E-state index is 12.4. The van der Waals surface area contributed by atoms with Crippen LogP contribution in [0.25, 0.3) is 0 Å². The Morgan fingerprint density at radius 2 is 1.89 bits per heavy atom. The van der Waals surface area contributed by atoms with E-state index in [9.17, 15) is 4.79 Å². The number of guanidine groups is 1. The number of nitrogens with one attached hydrogen (secondary N) is 2. The fourth-order valence-electron chi connectivity index (χ4n) is 3.32. The van der Waals surface area contributed by atoms with Gasteiger partial charge in [0.25, 0.3) is 5.91 Å². The van der Waals surface area contributed by atoms with Gasteiger partial charge in [0, 0.05) is 43.5 Å². The number of rotatable bonds is 7. The van der Waals surface area contributed by atoms with Crippen molar-refractivity contribution >= 4 is 47.6 Å². The lowest BCUT2D eigenvalue weighted by Gasteiger charge is -2.19. The molecule has 0 aliphatic heterocycles. The number of aliphatic imine (C=N–C) groups is 1. The van der Waals surface area contributed by atoms with Crippen LogP contribution in [0.5, 0.6) is 0 Å². The summed E-state index contributed by atoms with van der Waals surface area (Å²) in [6.45, 7) is 6.17. The average Bonchev–Trinajstić information content (AvgIpc) is 3.14. The minimum atomic E-state index is 0. The normalized spacial score (nSPS) is 19.3. The predicted octanol–water partition coefficient (Wildman–Crippen LogP) is 3.74.